The van der Waals surface area contributed by atoms with Gasteiger partial charge in [0.1, 0.15) is 11.5 Å². The van der Waals surface area contributed by atoms with Crippen molar-refractivity contribution in [2.75, 3.05) is 14.2 Å². The third-order valence-electron chi connectivity index (χ3n) is 2.77. The molecule has 0 unspecified atom stereocenters. The molecule has 18 heavy (non-hydrogen) atoms. The van der Waals surface area contributed by atoms with Crippen molar-refractivity contribution >= 4 is 0 Å². The van der Waals surface area contributed by atoms with E-state index in [1.54, 1.807) is 27.3 Å². The summed E-state index contributed by atoms with van der Waals surface area (Å²) in [5.41, 5.74) is 2.46. The first-order chi connectivity index (χ1) is 8.63. The van der Waals surface area contributed by atoms with Crippen molar-refractivity contribution in [1.29, 1.82) is 0 Å². The van der Waals surface area contributed by atoms with Crippen molar-refractivity contribution in [1.82, 2.24) is 4.98 Å². The van der Waals surface area contributed by atoms with E-state index in [9.17, 15) is 4.79 Å². The molecule has 0 saturated carbocycles. The number of methoxy groups -OCH3 is 2. The summed E-state index contributed by atoms with van der Waals surface area (Å²) >= 11 is 0. The molecule has 94 valence electrons. The van der Waals surface area contributed by atoms with Gasteiger partial charge < -0.3 is 14.5 Å². The van der Waals surface area contributed by atoms with Crippen LogP contribution in [-0.2, 0) is 0 Å². The smallest absolute Gasteiger partial charge is 0.250 e. The van der Waals surface area contributed by atoms with Crippen LogP contribution in [0.4, 0.5) is 0 Å². The third kappa shape index (κ3) is 2.37. The SMILES string of the molecule is COc1cc(OC)cc(-c2c[nH]c(=O)c(C)c2)c1. The zero-order chi connectivity index (χ0) is 13.1. The monoisotopic (exact) mass is 245 g/mol. The van der Waals surface area contributed by atoms with Crippen molar-refractivity contribution in [3.8, 4) is 22.6 Å². The van der Waals surface area contributed by atoms with E-state index in [1.165, 1.54) is 0 Å². The van der Waals surface area contributed by atoms with Crippen LogP contribution in [0.25, 0.3) is 11.1 Å². The zero-order valence-electron chi connectivity index (χ0n) is 10.6. The van der Waals surface area contributed by atoms with Gasteiger partial charge in [-0.25, -0.2) is 0 Å². The molecular formula is C14H15NO3. The van der Waals surface area contributed by atoms with Crippen LogP contribution in [-0.4, -0.2) is 19.2 Å². The predicted octanol–water partition coefficient (Wildman–Crippen LogP) is 2.37. The normalized spacial score (nSPS) is 10.2. The van der Waals surface area contributed by atoms with Gasteiger partial charge in [-0.3, -0.25) is 4.79 Å². The molecule has 0 saturated heterocycles. The topological polar surface area (TPSA) is 51.3 Å². The maximum atomic E-state index is 11.3. The molecule has 2 rings (SSSR count). The van der Waals surface area contributed by atoms with Crippen molar-refractivity contribution in [2.24, 2.45) is 0 Å². The molecule has 0 amide bonds. The number of H-pyrrole nitrogens is 1. The first-order valence-corrected chi connectivity index (χ1v) is 5.57. The van der Waals surface area contributed by atoms with E-state index in [-0.39, 0.29) is 5.56 Å². The molecule has 4 heteroatoms. The highest BCUT2D eigenvalue weighted by molar-refractivity contribution is 5.67. The minimum Gasteiger partial charge on any atom is -0.497 e. The average Bonchev–Trinajstić information content (AvgIpc) is 2.41. The minimum atomic E-state index is -0.0754. The van der Waals surface area contributed by atoms with Crippen LogP contribution in [0.2, 0.25) is 0 Å². The molecule has 1 heterocycles. The van der Waals surface area contributed by atoms with E-state index in [0.29, 0.717) is 17.1 Å². The molecule has 0 aliphatic carbocycles. The summed E-state index contributed by atoms with van der Waals surface area (Å²) in [6, 6.07) is 7.44. The fourth-order valence-corrected chi connectivity index (χ4v) is 1.74. The summed E-state index contributed by atoms with van der Waals surface area (Å²) in [6.07, 6.45) is 1.68. The molecule has 4 nitrogen and oxygen atoms in total. The van der Waals surface area contributed by atoms with Crippen molar-refractivity contribution in [2.45, 2.75) is 6.92 Å². The van der Waals surface area contributed by atoms with Gasteiger partial charge in [0.25, 0.3) is 5.56 Å². The van der Waals surface area contributed by atoms with E-state index in [0.717, 1.165) is 11.1 Å². The first kappa shape index (κ1) is 12.2. The van der Waals surface area contributed by atoms with Crippen LogP contribution in [0, 0.1) is 6.92 Å². The van der Waals surface area contributed by atoms with Gasteiger partial charge in [-0.15, -0.1) is 0 Å². The molecule has 0 fully saturated rings. The van der Waals surface area contributed by atoms with Gasteiger partial charge in [0, 0.05) is 17.8 Å². The number of nitrogens with one attached hydrogen (secondary N) is 1. The number of benzene rings is 1. The molecule has 0 atom stereocenters. The first-order valence-electron chi connectivity index (χ1n) is 5.57. The number of hydrogen-bond donors (Lipinski definition) is 1. The Morgan fingerprint density at radius 3 is 2.06 bits per heavy atom. The number of rotatable bonds is 3. The van der Waals surface area contributed by atoms with E-state index >= 15 is 0 Å². The molecule has 1 N–H and O–H groups in total. The summed E-state index contributed by atoms with van der Waals surface area (Å²) in [4.78, 5) is 14.0. The van der Waals surface area contributed by atoms with Crippen molar-refractivity contribution < 1.29 is 9.47 Å². The molecular weight excluding hydrogens is 230 g/mol. The highest BCUT2D eigenvalue weighted by Crippen LogP contribution is 2.29. The number of aryl methyl sites for hydroxylation is 1. The van der Waals surface area contributed by atoms with Crippen LogP contribution in [0.5, 0.6) is 11.5 Å². The van der Waals surface area contributed by atoms with Crippen LogP contribution in [0.15, 0.2) is 35.3 Å². The highest BCUT2D eigenvalue weighted by atomic mass is 16.5. The van der Waals surface area contributed by atoms with E-state index in [1.807, 2.05) is 24.3 Å². The Morgan fingerprint density at radius 1 is 0.944 bits per heavy atom. The predicted molar refractivity (Wildman–Crippen MR) is 70.3 cm³/mol. The second-order valence-corrected chi connectivity index (χ2v) is 4.00. The van der Waals surface area contributed by atoms with Crippen LogP contribution >= 0.6 is 0 Å². The third-order valence-corrected chi connectivity index (χ3v) is 2.77. The van der Waals surface area contributed by atoms with Gasteiger partial charge in [0.2, 0.25) is 0 Å². The number of ether oxygens (including phenoxy) is 2. The quantitative estimate of drug-likeness (QED) is 0.903. The second kappa shape index (κ2) is 4.96. The largest absolute Gasteiger partial charge is 0.497 e. The fraction of sp³-hybridized carbons (Fsp3) is 0.214. The Bertz CT molecular complexity index is 594. The number of aromatic nitrogens is 1. The second-order valence-electron chi connectivity index (χ2n) is 4.00. The molecule has 0 aliphatic heterocycles. The van der Waals surface area contributed by atoms with Crippen LogP contribution in [0.3, 0.4) is 0 Å². The summed E-state index contributed by atoms with van der Waals surface area (Å²) in [5.74, 6) is 1.43. The summed E-state index contributed by atoms with van der Waals surface area (Å²) < 4.78 is 10.4. The van der Waals surface area contributed by atoms with E-state index < -0.39 is 0 Å². The maximum Gasteiger partial charge on any atom is 0.250 e. The Kier molecular flexibility index (Phi) is 3.37. The van der Waals surface area contributed by atoms with Crippen LogP contribution < -0.4 is 15.0 Å². The molecule has 0 aliphatic rings. The molecule has 1 aromatic heterocycles. The summed E-state index contributed by atoms with van der Waals surface area (Å²) in [6.45, 7) is 1.78. The van der Waals surface area contributed by atoms with E-state index in [2.05, 4.69) is 4.98 Å². The van der Waals surface area contributed by atoms with Crippen LogP contribution in [0.1, 0.15) is 5.56 Å². The van der Waals surface area contributed by atoms with Crippen molar-refractivity contribution in [3.63, 3.8) is 0 Å². The van der Waals surface area contributed by atoms with Gasteiger partial charge in [0.05, 0.1) is 14.2 Å². The minimum absolute atomic E-state index is 0.0754. The lowest BCUT2D eigenvalue weighted by Gasteiger charge is -2.08. The molecule has 2 aromatic rings. The Morgan fingerprint density at radius 2 is 1.56 bits per heavy atom. The van der Waals surface area contributed by atoms with E-state index in [4.69, 9.17) is 9.47 Å². The summed E-state index contributed by atoms with van der Waals surface area (Å²) in [7, 11) is 3.22. The lowest BCUT2D eigenvalue weighted by molar-refractivity contribution is 0.394. The number of pyridine rings is 1. The lowest BCUT2D eigenvalue weighted by Crippen LogP contribution is -2.07. The highest BCUT2D eigenvalue weighted by Gasteiger charge is 2.05. The van der Waals surface area contributed by atoms with Gasteiger partial charge in [0.15, 0.2) is 0 Å². The lowest BCUT2D eigenvalue weighted by atomic mass is 10.1. The van der Waals surface area contributed by atoms with Gasteiger partial charge >= 0.3 is 0 Å². The molecule has 0 bridgehead atoms. The molecule has 1 aromatic carbocycles. The Hall–Kier alpha value is -2.23. The Balaban J connectivity index is 2.55. The molecule has 0 radical (unpaired) electrons. The average molecular weight is 245 g/mol. The number of aromatic amines is 1. The standard InChI is InChI=1S/C14H15NO3/c1-9-4-11(8-15-14(9)16)10-5-12(17-2)7-13(6-10)18-3/h4-8H,1-3H3,(H,15,16). The maximum absolute atomic E-state index is 11.3. The summed E-state index contributed by atoms with van der Waals surface area (Å²) in [5, 5.41) is 0. The Labute approximate surface area is 105 Å². The van der Waals surface area contributed by atoms with Gasteiger partial charge in [-0.2, -0.15) is 0 Å². The van der Waals surface area contributed by atoms with Gasteiger partial charge in [-0.1, -0.05) is 0 Å². The van der Waals surface area contributed by atoms with Gasteiger partial charge in [-0.05, 0) is 36.2 Å². The van der Waals surface area contributed by atoms with Crippen molar-refractivity contribution in [3.05, 3.63) is 46.4 Å². The zero-order valence-corrected chi connectivity index (χ0v) is 10.6. The number of hydrogen-bond acceptors (Lipinski definition) is 3. The fourth-order valence-electron chi connectivity index (χ4n) is 1.74. The molecule has 0 spiro atoms.